The van der Waals surface area contributed by atoms with Crippen LogP contribution in [0.25, 0.3) is 21.8 Å². The lowest BCUT2D eigenvalue weighted by Crippen LogP contribution is -2.29. The van der Waals surface area contributed by atoms with Crippen LogP contribution in [-0.2, 0) is 12.8 Å². The van der Waals surface area contributed by atoms with Crippen molar-refractivity contribution in [2.75, 3.05) is 60.2 Å². The highest BCUT2D eigenvalue weighted by molar-refractivity contribution is 5.92. The van der Waals surface area contributed by atoms with Gasteiger partial charge in [0.05, 0.1) is 25.9 Å². The zero-order chi connectivity index (χ0) is 29.6. The Bertz CT molecular complexity index is 1320. The van der Waals surface area contributed by atoms with E-state index in [1.165, 1.54) is 51.5 Å². The van der Waals surface area contributed by atoms with E-state index >= 15 is 0 Å². The number of nitrogens with one attached hydrogen (secondary N) is 2. The van der Waals surface area contributed by atoms with Crippen LogP contribution in [0.2, 0.25) is 0 Å². The summed E-state index contributed by atoms with van der Waals surface area (Å²) in [4.78, 5) is 11.7. The Kier molecular flexibility index (Phi) is 13.5. The second-order valence-electron chi connectivity index (χ2n) is 10.5. The molecule has 0 radical (unpaired) electrons. The Morgan fingerprint density at radius 2 is 1.46 bits per heavy atom. The van der Waals surface area contributed by atoms with Gasteiger partial charge in [0.2, 0.25) is 0 Å². The highest BCUT2D eigenvalue weighted by atomic mass is 19.1. The first-order valence-corrected chi connectivity index (χ1v) is 15.4. The number of halogens is 1. The van der Waals surface area contributed by atoms with Gasteiger partial charge in [-0.15, -0.1) is 0 Å². The summed E-state index contributed by atoms with van der Waals surface area (Å²) in [7, 11) is 2.68. The van der Waals surface area contributed by atoms with Crippen LogP contribution in [0.15, 0.2) is 42.7 Å². The third-order valence-corrected chi connectivity index (χ3v) is 7.65. The average molecular weight is 567 g/mol. The van der Waals surface area contributed by atoms with E-state index in [0.29, 0.717) is 7.18 Å². The van der Waals surface area contributed by atoms with E-state index in [2.05, 4.69) is 83.4 Å². The van der Waals surface area contributed by atoms with Gasteiger partial charge >= 0.3 is 0 Å². The fraction of sp³-hybridized carbons (Fsp3) is 0.529. The zero-order valence-corrected chi connectivity index (χ0v) is 26.1. The number of ether oxygens (including phenoxy) is 2. The first-order chi connectivity index (χ1) is 20.1. The number of alkyl halides is 1. The predicted octanol–water partition coefficient (Wildman–Crippen LogP) is 7.55. The molecule has 0 bridgehead atoms. The molecule has 6 rings (SSSR count). The van der Waals surface area contributed by atoms with Crippen molar-refractivity contribution < 1.29 is 13.9 Å². The predicted molar refractivity (Wildman–Crippen MR) is 172 cm³/mol. The number of H-pyrrole nitrogens is 2. The maximum absolute atomic E-state index is 9.50. The van der Waals surface area contributed by atoms with E-state index in [-0.39, 0.29) is 0 Å². The lowest BCUT2D eigenvalue weighted by molar-refractivity contribution is 0.234. The molecule has 2 aliphatic heterocycles. The van der Waals surface area contributed by atoms with Crippen molar-refractivity contribution in [3.8, 4) is 11.5 Å². The largest absolute Gasteiger partial charge is 0.493 e. The maximum Gasteiger partial charge on any atom is 0.128 e. The van der Waals surface area contributed by atoms with Crippen LogP contribution in [0.1, 0.15) is 56.7 Å². The van der Waals surface area contributed by atoms with Gasteiger partial charge in [-0.3, -0.25) is 4.39 Å². The quantitative estimate of drug-likeness (QED) is 0.263. The van der Waals surface area contributed by atoms with E-state index in [1.807, 2.05) is 13.8 Å². The molecular formula is C34H51FN4O2. The Morgan fingerprint density at radius 3 is 2.22 bits per heavy atom. The van der Waals surface area contributed by atoms with Crippen molar-refractivity contribution in [2.24, 2.45) is 0 Å². The van der Waals surface area contributed by atoms with Gasteiger partial charge < -0.3 is 29.2 Å². The van der Waals surface area contributed by atoms with Gasteiger partial charge in [0.15, 0.2) is 0 Å². The van der Waals surface area contributed by atoms with Crippen LogP contribution in [-0.4, -0.2) is 79.9 Å². The molecule has 0 spiro atoms. The third kappa shape index (κ3) is 8.49. The molecule has 0 saturated carbocycles. The van der Waals surface area contributed by atoms with Gasteiger partial charge in [-0.1, -0.05) is 32.9 Å². The molecule has 0 saturated heterocycles. The Balaban J connectivity index is 0.000000202. The number of hydrogen-bond acceptors (Lipinski definition) is 4. The summed E-state index contributed by atoms with van der Waals surface area (Å²) in [6, 6.07) is 10.5. The van der Waals surface area contributed by atoms with E-state index in [9.17, 15) is 4.39 Å². The van der Waals surface area contributed by atoms with Crippen LogP contribution in [0, 0.1) is 6.92 Å². The molecular weight excluding hydrogens is 515 g/mol. The van der Waals surface area contributed by atoms with Crippen molar-refractivity contribution in [1.82, 2.24) is 19.8 Å². The van der Waals surface area contributed by atoms with Crippen LogP contribution in [0.3, 0.4) is 0 Å². The molecule has 0 aliphatic carbocycles. The first-order valence-electron chi connectivity index (χ1n) is 15.4. The SMILES string of the molecule is CC.CCCN1CCCOc2cccc3[nH]cc(c23)CC1.CF.Cc1ccc2c3c(c[nH]c13)CCN(C)CCCO2. The summed E-state index contributed by atoms with van der Waals surface area (Å²) >= 11 is 0. The number of aryl methyl sites for hydroxylation is 1. The second kappa shape index (κ2) is 17.0. The molecule has 6 nitrogen and oxygen atoms in total. The molecule has 2 aromatic carbocycles. The normalized spacial score (nSPS) is 16.1. The highest BCUT2D eigenvalue weighted by Crippen LogP contribution is 2.32. The van der Waals surface area contributed by atoms with E-state index < -0.39 is 0 Å². The number of aromatic amines is 2. The third-order valence-electron chi connectivity index (χ3n) is 7.65. The smallest absolute Gasteiger partial charge is 0.128 e. The van der Waals surface area contributed by atoms with Crippen LogP contribution in [0.5, 0.6) is 11.5 Å². The van der Waals surface area contributed by atoms with Gasteiger partial charge in [-0.05, 0) is 87.5 Å². The number of rotatable bonds is 2. The Hall–Kier alpha value is -3.03. The molecule has 7 heteroatoms. The molecule has 41 heavy (non-hydrogen) atoms. The van der Waals surface area contributed by atoms with Gasteiger partial charge in [0.1, 0.15) is 11.5 Å². The average Bonchev–Trinajstić information content (AvgIpc) is 3.64. The minimum atomic E-state index is 0.500. The fourth-order valence-corrected chi connectivity index (χ4v) is 5.62. The molecule has 2 aromatic heterocycles. The number of likely N-dealkylation sites (N-methyl/N-ethyl adjacent to an activating group) is 1. The van der Waals surface area contributed by atoms with Gasteiger partial charge in [-0.2, -0.15) is 0 Å². The molecule has 0 unspecified atom stereocenters. The zero-order valence-electron chi connectivity index (χ0n) is 26.1. The van der Waals surface area contributed by atoms with Crippen molar-refractivity contribution in [2.45, 2.75) is 59.8 Å². The van der Waals surface area contributed by atoms with Crippen molar-refractivity contribution in [3.63, 3.8) is 0 Å². The molecule has 226 valence electrons. The highest BCUT2D eigenvalue weighted by Gasteiger charge is 2.15. The summed E-state index contributed by atoms with van der Waals surface area (Å²) in [5, 5.41) is 2.56. The van der Waals surface area contributed by atoms with E-state index in [0.717, 1.165) is 76.6 Å². The second-order valence-corrected chi connectivity index (χ2v) is 10.5. The summed E-state index contributed by atoms with van der Waals surface area (Å²) in [6.07, 6.45) is 9.88. The lowest BCUT2D eigenvalue weighted by Gasteiger charge is -2.23. The molecule has 0 atom stereocenters. The minimum Gasteiger partial charge on any atom is -0.493 e. The van der Waals surface area contributed by atoms with E-state index in [1.54, 1.807) is 0 Å². The number of benzene rings is 2. The van der Waals surface area contributed by atoms with Gasteiger partial charge in [0.25, 0.3) is 0 Å². The fourth-order valence-electron chi connectivity index (χ4n) is 5.62. The van der Waals surface area contributed by atoms with Gasteiger partial charge in [-0.25, -0.2) is 0 Å². The minimum absolute atomic E-state index is 0.500. The maximum atomic E-state index is 9.50. The molecule has 2 aliphatic rings. The monoisotopic (exact) mass is 566 g/mol. The summed E-state index contributed by atoms with van der Waals surface area (Å²) in [6.45, 7) is 15.7. The molecule has 4 heterocycles. The van der Waals surface area contributed by atoms with Crippen LogP contribution in [0.4, 0.5) is 4.39 Å². The van der Waals surface area contributed by atoms with Crippen molar-refractivity contribution in [3.05, 3.63) is 59.4 Å². The molecule has 0 fully saturated rings. The topological polar surface area (TPSA) is 56.5 Å². The Labute approximate surface area is 246 Å². The lowest BCUT2D eigenvalue weighted by atomic mass is 10.1. The van der Waals surface area contributed by atoms with Crippen LogP contribution >= 0.6 is 0 Å². The molecule has 0 amide bonds. The molecule has 2 N–H and O–H groups in total. The summed E-state index contributed by atoms with van der Waals surface area (Å²) in [5.74, 6) is 2.08. The number of nitrogens with zero attached hydrogens (tertiary/aromatic N) is 2. The van der Waals surface area contributed by atoms with Gasteiger partial charge in [0, 0.05) is 54.9 Å². The standard InChI is InChI=1S/C16H22N2O.C15H20N2O.C2H6.CH3F/c1-2-8-18-9-4-11-19-15-6-3-5-14-16(15)13(7-10-18)12-17-14;1-11-4-5-13-14-12(10-16-15(11)14)6-8-17(2)7-3-9-18-13;2*1-2/h3,5-6,12,17H,2,4,7-11H2,1H3;4-5,10,16H,3,6-9H2,1-2H3;1-2H3;1H3. The van der Waals surface area contributed by atoms with Crippen molar-refractivity contribution >= 4 is 21.8 Å². The van der Waals surface area contributed by atoms with Crippen LogP contribution < -0.4 is 9.47 Å². The number of hydrogen-bond donors (Lipinski definition) is 2. The van der Waals surface area contributed by atoms with E-state index in [4.69, 9.17) is 9.47 Å². The summed E-state index contributed by atoms with van der Waals surface area (Å²) < 4.78 is 21.4. The summed E-state index contributed by atoms with van der Waals surface area (Å²) in [5.41, 5.74) is 6.46. The van der Waals surface area contributed by atoms with Crippen molar-refractivity contribution in [1.29, 1.82) is 0 Å². The first kappa shape index (κ1) is 32.5. The Morgan fingerprint density at radius 1 is 0.805 bits per heavy atom. The molecule has 4 aromatic rings. The number of aromatic nitrogens is 2.